The van der Waals surface area contributed by atoms with Crippen molar-refractivity contribution in [2.75, 3.05) is 32.6 Å². The molecule has 5 heteroatoms. The second-order valence-corrected chi connectivity index (χ2v) is 4.39. The van der Waals surface area contributed by atoms with E-state index in [-0.39, 0.29) is 12.1 Å². The Labute approximate surface area is 108 Å². The van der Waals surface area contributed by atoms with Gasteiger partial charge in [-0.25, -0.2) is 4.79 Å². The third-order valence-corrected chi connectivity index (χ3v) is 2.54. The van der Waals surface area contributed by atoms with Crippen molar-refractivity contribution in [1.29, 1.82) is 0 Å². The molecule has 0 saturated heterocycles. The van der Waals surface area contributed by atoms with E-state index in [4.69, 9.17) is 10.5 Å². The standard InChI is InChI=1S/C13H21N3O2/c1-10-4-6-12(7-5-10)15-13(17)16(2)8-11(14)9-18-3/h4-7,11H,8-9,14H2,1-3H3,(H,15,17). The first-order valence-electron chi connectivity index (χ1n) is 5.86. The van der Waals surface area contributed by atoms with Crippen molar-refractivity contribution in [3.8, 4) is 0 Å². The van der Waals surface area contributed by atoms with Crippen LogP contribution >= 0.6 is 0 Å². The molecule has 0 fully saturated rings. The first-order chi connectivity index (χ1) is 8.52. The summed E-state index contributed by atoms with van der Waals surface area (Å²) in [5, 5.41) is 2.81. The van der Waals surface area contributed by atoms with Crippen LogP contribution in [-0.2, 0) is 4.74 Å². The summed E-state index contributed by atoms with van der Waals surface area (Å²) in [6.45, 7) is 2.88. The molecule has 0 saturated carbocycles. The number of methoxy groups -OCH3 is 1. The number of amides is 2. The monoisotopic (exact) mass is 251 g/mol. The molecule has 0 bridgehead atoms. The lowest BCUT2D eigenvalue weighted by Gasteiger charge is -2.21. The van der Waals surface area contributed by atoms with Crippen LogP contribution in [0.15, 0.2) is 24.3 Å². The molecule has 2 amide bonds. The Balaban J connectivity index is 2.46. The van der Waals surface area contributed by atoms with Gasteiger partial charge < -0.3 is 20.7 Å². The topological polar surface area (TPSA) is 67.6 Å². The summed E-state index contributed by atoms with van der Waals surface area (Å²) in [5.41, 5.74) is 7.72. The number of ether oxygens (including phenoxy) is 1. The van der Waals surface area contributed by atoms with Crippen molar-refractivity contribution in [1.82, 2.24) is 4.90 Å². The molecular formula is C13H21N3O2. The number of rotatable bonds is 5. The number of urea groups is 1. The van der Waals surface area contributed by atoms with Crippen LogP contribution in [0.5, 0.6) is 0 Å². The summed E-state index contributed by atoms with van der Waals surface area (Å²) in [5.74, 6) is 0. The van der Waals surface area contributed by atoms with Gasteiger partial charge in [0.2, 0.25) is 0 Å². The van der Waals surface area contributed by atoms with Gasteiger partial charge in [-0.2, -0.15) is 0 Å². The Hall–Kier alpha value is -1.59. The van der Waals surface area contributed by atoms with Gasteiger partial charge in [-0.05, 0) is 19.1 Å². The molecule has 0 radical (unpaired) electrons. The Morgan fingerprint density at radius 2 is 2.06 bits per heavy atom. The van der Waals surface area contributed by atoms with Crippen LogP contribution in [0, 0.1) is 6.92 Å². The number of nitrogens with zero attached hydrogens (tertiary/aromatic N) is 1. The molecule has 0 spiro atoms. The van der Waals surface area contributed by atoms with Gasteiger partial charge in [0.05, 0.1) is 6.61 Å². The van der Waals surface area contributed by atoms with Crippen molar-refractivity contribution in [3.63, 3.8) is 0 Å². The summed E-state index contributed by atoms with van der Waals surface area (Å²) in [7, 11) is 3.30. The molecule has 3 N–H and O–H groups in total. The van der Waals surface area contributed by atoms with E-state index in [1.165, 1.54) is 0 Å². The first kappa shape index (κ1) is 14.5. The highest BCUT2D eigenvalue weighted by atomic mass is 16.5. The van der Waals surface area contributed by atoms with Crippen LogP contribution in [0.25, 0.3) is 0 Å². The maximum Gasteiger partial charge on any atom is 0.321 e. The summed E-state index contributed by atoms with van der Waals surface area (Å²) in [6, 6.07) is 7.29. The summed E-state index contributed by atoms with van der Waals surface area (Å²) < 4.78 is 4.93. The molecule has 1 unspecified atom stereocenters. The Morgan fingerprint density at radius 3 is 2.61 bits per heavy atom. The van der Waals surface area contributed by atoms with Crippen LogP contribution in [0.4, 0.5) is 10.5 Å². The van der Waals surface area contributed by atoms with Crippen molar-refractivity contribution in [2.45, 2.75) is 13.0 Å². The molecule has 1 atom stereocenters. The lowest BCUT2D eigenvalue weighted by molar-refractivity contribution is 0.164. The van der Waals surface area contributed by atoms with Gasteiger partial charge in [-0.15, -0.1) is 0 Å². The molecule has 0 aliphatic carbocycles. The third-order valence-electron chi connectivity index (χ3n) is 2.54. The fourth-order valence-electron chi connectivity index (χ4n) is 1.56. The quantitative estimate of drug-likeness (QED) is 0.832. The number of likely N-dealkylation sites (N-methyl/N-ethyl adjacent to an activating group) is 1. The smallest absolute Gasteiger partial charge is 0.321 e. The fourth-order valence-corrected chi connectivity index (χ4v) is 1.56. The van der Waals surface area contributed by atoms with E-state index >= 15 is 0 Å². The van der Waals surface area contributed by atoms with E-state index in [0.717, 1.165) is 11.3 Å². The Kier molecular flexibility index (Phi) is 5.61. The Bertz CT molecular complexity index is 378. The molecule has 0 aromatic heterocycles. The highest BCUT2D eigenvalue weighted by molar-refractivity contribution is 5.89. The predicted molar refractivity (Wildman–Crippen MR) is 72.7 cm³/mol. The minimum absolute atomic E-state index is 0.176. The van der Waals surface area contributed by atoms with Crippen LogP contribution in [0.2, 0.25) is 0 Å². The molecule has 1 aromatic carbocycles. The van der Waals surface area contributed by atoms with Crippen molar-refractivity contribution < 1.29 is 9.53 Å². The second kappa shape index (κ2) is 6.98. The van der Waals surface area contributed by atoms with Gasteiger partial charge in [0, 0.05) is 32.4 Å². The number of nitrogens with two attached hydrogens (primary N) is 1. The molecule has 0 aliphatic rings. The SMILES string of the molecule is COCC(N)CN(C)C(=O)Nc1ccc(C)cc1. The average molecular weight is 251 g/mol. The zero-order chi connectivity index (χ0) is 13.5. The number of carbonyl (C=O) groups excluding carboxylic acids is 1. The largest absolute Gasteiger partial charge is 0.383 e. The molecular weight excluding hydrogens is 230 g/mol. The number of anilines is 1. The van der Waals surface area contributed by atoms with Crippen LogP contribution < -0.4 is 11.1 Å². The zero-order valence-electron chi connectivity index (χ0n) is 11.1. The summed E-state index contributed by atoms with van der Waals surface area (Å²) >= 11 is 0. The lowest BCUT2D eigenvalue weighted by Crippen LogP contribution is -2.42. The predicted octanol–water partition coefficient (Wildman–Crippen LogP) is 1.43. The normalized spacial score (nSPS) is 12.0. The van der Waals surface area contributed by atoms with Gasteiger partial charge in [0.1, 0.15) is 0 Å². The maximum atomic E-state index is 11.9. The average Bonchev–Trinajstić information content (AvgIpc) is 2.32. The van der Waals surface area contributed by atoms with Gasteiger partial charge in [-0.1, -0.05) is 17.7 Å². The first-order valence-corrected chi connectivity index (χ1v) is 5.86. The molecule has 18 heavy (non-hydrogen) atoms. The lowest BCUT2D eigenvalue weighted by atomic mass is 10.2. The van der Waals surface area contributed by atoms with Crippen molar-refractivity contribution in [3.05, 3.63) is 29.8 Å². The minimum Gasteiger partial charge on any atom is -0.383 e. The zero-order valence-corrected chi connectivity index (χ0v) is 11.1. The molecule has 100 valence electrons. The highest BCUT2D eigenvalue weighted by Crippen LogP contribution is 2.09. The molecule has 0 aliphatic heterocycles. The fraction of sp³-hybridized carbons (Fsp3) is 0.462. The summed E-state index contributed by atoms with van der Waals surface area (Å²) in [4.78, 5) is 13.4. The molecule has 1 aromatic rings. The number of nitrogens with one attached hydrogen (secondary N) is 1. The molecule has 1 rings (SSSR count). The van der Waals surface area contributed by atoms with Crippen LogP contribution in [0.1, 0.15) is 5.56 Å². The second-order valence-electron chi connectivity index (χ2n) is 4.39. The number of carbonyl (C=O) groups is 1. The van der Waals surface area contributed by atoms with Gasteiger partial charge in [0.25, 0.3) is 0 Å². The van der Waals surface area contributed by atoms with Gasteiger partial charge in [-0.3, -0.25) is 0 Å². The van der Waals surface area contributed by atoms with E-state index in [1.54, 1.807) is 19.1 Å². The molecule has 5 nitrogen and oxygen atoms in total. The van der Waals surface area contributed by atoms with E-state index in [1.807, 2.05) is 31.2 Å². The molecule has 0 heterocycles. The van der Waals surface area contributed by atoms with Crippen molar-refractivity contribution in [2.24, 2.45) is 5.73 Å². The number of benzene rings is 1. The maximum absolute atomic E-state index is 11.9. The number of hydrogen-bond acceptors (Lipinski definition) is 3. The third kappa shape index (κ3) is 4.73. The van der Waals surface area contributed by atoms with Crippen LogP contribution in [0.3, 0.4) is 0 Å². The summed E-state index contributed by atoms with van der Waals surface area (Å²) in [6.07, 6.45) is 0. The number of aryl methyl sites for hydroxylation is 1. The van der Waals surface area contributed by atoms with Gasteiger partial charge >= 0.3 is 6.03 Å². The van der Waals surface area contributed by atoms with Crippen LogP contribution in [-0.4, -0.2) is 44.3 Å². The minimum atomic E-state index is -0.177. The van der Waals surface area contributed by atoms with Gasteiger partial charge in [0.15, 0.2) is 0 Å². The van der Waals surface area contributed by atoms with E-state index in [2.05, 4.69) is 5.32 Å². The van der Waals surface area contributed by atoms with E-state index in [0.29, 0.717) is 13.2 Å². The van der Waals surface area contributed by atoms with Crippen molar-refractivity contribution >= 4 is 11.7 Å². The highest BCUT2D eigenvalue weighted by Gasteiger charge is 2.12. The number of hydrogen-bond donors (Lipinski definition) is 2. The van der Waals surface area contributed by atoms with E-state index < -0.39 is 0 Å². The van der Waals surface area contributed by atoms with E-state index in [9.17, 15) is 4.79 Å². The Morgan fingerprint density at radius 1 is 1.44 bits per heavy atom.